The van der Waals surface area contributed by atoms with Crippen molar-refractivity contribution in [1.82, 2.24) is 0 Å². The first-order valence-electron chi connectivity index (χ1n) is 8.61. The zero-order chi connectivity index (χ0) is 16.5. The fourth-order valence-corrected chi connectivity index (χ4v) is 3.04. The van der Waals surface area contributed by atoms with Gasteiger partial charge in [0.1, 0.15) is 0 Å². The Hall–Kier alpha value is -1.05. The van der Waals surface area contributed by atoms with Gasteiger partial charge in [0.2, 0.25) is 0 Å². The Morgan fingerprint density at radius 3 is 2.17 bits per heavy atom. The number of hydrogen-bond donors (Lipinski definition) is 0. The number of hydrogen-bond acceptors (Lipinski definition) is 0. The maximum absolute atomic E-state index is 6.07. The molecule has 2 aromatic rings. The van der Waals surface area contributed by atoms with E-state index in [1.165, 1.54) is 50.5 Å². The average Bonchev–Trinajstić information content (AvgIpc) is 2.56. The van der Waals surface area contributed by atoms with Gasteiger partial charge in [-0.3, -0.25) is 0 Å². The molecule has 1 heterocycles. The van der Waals surface area contributed by atoms with E-state index in [-0.39, 0.29) is 0 Å². The second kappa shape index (κ2) is 9.95. The molecule has 2 rings (SSSR count). The van der Waals surface area contributed by atoms with E-state index in [0.29, 0.717) is 10.0 Å². The Balaban J connectivity index is 1.78. The Bertz CT molecular complexity index is 593. The molecule has 0 saturated heterocycles. The molecule has 0 spiro atoms. The second-order valence-corrected chi connectivity index (χ2v) is 6.96. The second-order valence-electron chi connectivity index (χ2n) is 6.14. The summed E-state index contributed by atoms with van der Waals surface area (Å²) >= 11 is 12.0. The molecule has 1 aromatic heterocycles. The van der Waals surface area contributed by atoms with Crippen molar-refractivity contribution in [2.45, 2.75) is 58.4 Å². The molecule has 0 aliphatic heterocycles. The Labute approximate surface area is 150 Å². The first-order chi connectivity index (χ1) is 11.2. The van der Waals surface area contributed by atoms with E-state index in [0.717, 1.165) is 12.1 Å². The van der Waals surface area contributed by atoms with Crippen LogP contribution in [0.25, 0.3) is 0 Å². The summed E-state index contributed by atoms with van der Waals surface area (Å²) in [6.45, 7) is 3.07. The van der Waals surface area contributed by atoms with Crippen molar-refractivity contribution in [2.24, 2.45) is 0 Å². The van der Waals surface area contributed by atoms with E-state index in [4.69, 9.17) is 23.2 Å². The van der Waals surface area contributed by atoms with Crippen LogP contribution in [-0.2, 0) is 13.0 Å². The van der Waals surface area contributed by atoms with Gasteiger partial charge in [0.05, 0.1) is 10.0 Å². The van der Waals surface area contributed by atoms with Gasteiger partial charge in [-0.1, -0.05) is 68.3 Å². The van der Waals surface area contributed by atoms with Crippen molar-refractivity contribution in [3.05, 3.63) is 63.9 Å². The van der Waals surface area contributed by atoms with Crippen LogP contribution in [0.2, 0.25) is 10.0 Å². The van der Waals surface area contributed by atoms with Crippen molar-refractivity contribution < 1.29 is 4.57 Å². The van der Waals surface area contributed by atoms with Gasteiger partial charge in [-0.15, -0.1) is 0 Å². The quantitative estimate of drug-likeness (QED) is 0.372. The first-order valence-corrected chi connectivity index (χ1v) is 9.36. The van der Waals surface area contributed by atoms with E-state index in [9.17, 15) is 0 Å². The number of aromatic nitrogens is 1. The smallest absolute Gasteiger partial charge is 0.173 e. The lowest BCUT2D eigenvalue weighted by Crippen LogP contribution is -2.33. The summed E-state index contributed by atoms with van der Waals surface area (Å²) < 4.78 is 2.17. The zero-order valence-electron chi connectivity index (χ0n) is 13.9. The van der Waals surface area contributed by atoms with Crippen LogP contribution in [0.5, 0.6) is 0 Å². The Kier molecular flexibility index (Phi) is 7.91. The van der Waals surface area contributed by atoms with Crippen molar-refractivity contribution in [3.63, 3.8) is 0 Å². The van der Waals surface area contributed by atoms with Gasteiger partial charge in [0, 0.05) is 17.7 Å². The van der Waals surface area contributed by atoms with Crippen LogP contribution in [0.3, 0.4) is 0 Å². The Morgan fingerprint density at radius 2 is 1.48 bits per heavy atom. The summed E-state index contributed by atoms with van der Waals surface area (Å²) in [6, 6.07) is 10.3. The maximum atomic E-state index is 6.07. The van der Waals surface area contributed by atoms with Gasteiger partial charge in [-0.05, 0) is 30.5 Å². The number of rotatable bonds is 9. The summed E-state index contributed by atoms with van der Waals surface area (Å²) in [5.41, 5.74) is 2.58. The highest BCUT2D eigenvalue weighted by Crippen LogP contribution is 2.22. The molecule has 0 atom stereocenters. The zero-order valence-corrected chi connectivity index (χ0v) is 15.4. The Morgan fingerprint density at radius 1 is 0.783 bits per heavy atom. The van der Waals surface area contributed by atoms with E-state index in [1.54, 1.807) is 0 Å². The van der Waals surface area contributed by atoms with Crippen molar-refractivity contribution in [2.75, 3.05) is 0 Å². The largest absolute Gasteiger partial charge is 0.201 e. The predicted octanol–water partition coefficient (Wildman–Crippen LogP) is 6.23. The van der Waals surface area contributed by atoms with Gasteiger partial charge >= 0.3 is 0 Å². The van der Waals surface area contributed by atoms with Crippen molar-refractivity contribution in [1.29, 1.82) is 0 Å². The van der Waals surface area contributed by atoms with Crippen LogP contribution < -0.4 is 4.57 Å². The summed E-state index contributed by atoms with van der Waals surface area (Å²) in [6.07, 6.45) is 13.6. The third kappa shape index (κ3) is 6.53. The number of unbranched alkanes of at least 4 members (excludes halogenated alkanes) is 5. The van der Waals surface area contributed by atoms with E-state index in [1.807, 2.05) is 18.2 Å². The van der Waals surface area contributed by atoms with Crippen molar-refractivity contribution >= 4 is 23.2 Å². The van der Waals surface area contributed by atoms with Gasteiger partial charge < -0.3 is 0 Å². The summed E-state index contributed by atoms with van der Waals surface area (Å²) in [4.78, 5) is 0. The SMILES string of the molecule is CCCCCCCCc1cc[n+](Cc2ccc(Cl)c(Cl)c2)cc1. The molecule has 124 valence electrons. The van der Waals surface area contributed by atoms with Gasteiger partial charge in [0.25, 0.3) is 0 Å². The lowest BCUT2D eigenvalue weighted by molar-refractivity contribution is -0.688. The van der Waals surface area contributed by atoms with Crippen LogP contribution in [-0.4, -0.2) is 0 Å². The molecule has 0 fully saturated rings. The monoisotopic (exact) mass is 350 g/mol. The fraction of sp³-hybridized carbons (Fsp3) is 0.450. The molecule has 3 heteroatoms. The van der Waals surface area contributed by atoms with E-state index in [2.05, 4.69) is 36.0 Å². The van der Waals surface area contributed by atoms with Crippen LogP contribution in [0, 0.1) is 0 Å². The number of benzene rings is 1. The van der Waals surface area contributed by atoms with Crippen LogP contribution in [0.4, 0.5) is 0 Å². The third-order valence-corrected chi connectivity index (χ3v) is 4.87. The topological polar surface area (TPSA) is 3.88 Å². The highest BCUT2D eigenvalue weighted by atomic mass is 35.5. The highest BCUT2D eigenvalue weighted by Gasteiger charge is 2.05. The molecule has 0 saturated carbocycles. The first kappa shape index (κ1) is 18.3. The molecule has 0 amide bonds. The van der Waals surface area contributed by atoms with Gasteiger partial charge in [-0.2, -0.15) is 0 Å². The molecule has 0 N–H and O–H groups in total. The normalized spacial score (nSPS) is 10.9. The van der Waals surface area contributed by atoms with Crippen LogP contribution >= 0.6 is 23.2 Å². The fourth-order valence-electron chi connectivity index (χ4n) is 2.72. The summed E-state index contributed by atoms with van der Waals surface area (Å²) in [5.74, 6) is 0. The lowest BCUT2D eigenvalue weighted by Gasteiger charge is -2.03. The molecule has 0 unspecified atom stereocenters. The summed E-state index contributed by atoms with van der Waals surface area (Å²) in [7, 11) is 0. The minimum atomic E-state index is 0.606. The van der Waals surface area contributed by atoms with Crippen LogP contribution in [0.15, 0.2) is 42.7 Å². The molecule has 1 nitrogen and oxygen atoms in total. The molecule has 0 aliphatic rings. The van der Waals surface area contributed by atoms with Gasteiger partial charge in [0.15, 0.2) is 18.9 Å². The van der Waals surface area contributed by atoms with Crippen molar-refractivity contribution in [3.8, 4) is 0 Å². The number of nitrogens with zero attached hydrogens (tertiary/aromatic N) is 1. The van der Waals surface area contributed by atoms with E-state index >= 15 is 0 Å². The predicted molar refractivity (Wildman–Crippen MR) is 99.3 cm³/mol. The number of pyridine rings is 1. The standard InChI is InChI=1S/C20H26Cl2N/c1-2-3-4-5-6-7-8-17-11-13-23(14-12-17)16-18-9-10-19(21)20(22)15-18/h9-15H,2-8,16H2,1H3/q+1. The minimum Gasteiger partial charge on any atom is -0.201 e. The molecule has 0 bridgehead atoms. The number of halogens is 2. The minimum absolute atomic E-state index is 0.606. The van der Waals surface area contributed by atoms with Gasteiger partial charge in [-0.25, -0.2) is 4.57 Å². The lowest BCUT2D eigenvalue weighted by atomic mass is 10.1. The maximum Gasteiger partial charge on any atom is 0.173 e. The third-order valence-electron chi connectivity index (χ3n) is 4.13. The van der Waals surface area contributed by atoms with Crippen LogP contribution in [0.1, 0.15) is 56.6 Å². The number of aryl methyl sites for hydroxylation is 1. The molecule has 0 aliphatic carbocycles. The molecule has 0 radical (unpaired) electrons. The molecule has 23 heavy (non-hydrogen) atoms. The van der Waals surface area contributed by atoms with E-state index < -0.39 is 0 Å². The molecule has 1 aromatic carbocycles. The highest BCUT2D eigenvalue weighted by molar-refractivity contribution is 6.42. The molecular formula is C20H26Cl2N+. The molecular weight excluding hydrogens is 325 g/mol. The summed E-state index contributed by atoms with van der Waals surface area (Å²) in [5, 5.41) is 1.22. The average molecular weight is 351 g/mol.